The maximum absolute atomic E-state index is 11.9. The largest absolute Gasteiger partial charge is 1.00 e. The van der Waals surface area contributed by atoms with Crippen LogP contribution in [-0.4, -0.2) is 27.5 Å². The molecule has 0 fully saturated rings. The SMILES string of the molecule is O=C([O-])[O-].Oc1ccc(C(O)C(F)(F)F)nc1.[K+].[K+]. The number of rotatable bonds is 1. The number of nitrogens with zero attached hydrogens (tertiary/aromatic N) is 1. The van der Waals surface area contributed by atoms with Gasteiger partial charge in [0.15, 0.2) is 6.10 Å². The predicted octanol–water partition coefficient (Wildman–Crippen LogP) is -7.06. The number of carbonyl (C=O) groups excluding carboxylic acids is 1. The number of pyridine rings is 1. The van der Waals surface area contributed by atoms with Gasteiger partial charge in [0.25, 0.3) is 0 Å². The third-order valence-corrected chi connectivity index (χ3v) is 1.36. The first-order chi connectivity index (χ1) is 7.64. The van der Waals surface area contributed by atoms with Crippen molar-refractivity contribution in [2.24, 2.45) is 0 Å². The minimum absolute atomic E-state index is 0. The molecule has 1 atom stereocenters. The van der Waals surface area contributed by atoms with E-state index in [4.69, 9.17) is 25.2 Å². The van der Waals surface area contributed by atoms with E-state index < -0.39 is 24.1 Å². The number of aromatic hydroxyl groups is 1. The van der Waals surface area contributed by atoms with Gasteiger partial charge in [0.2, 0.25) is 0 Å². The molecular formula is C8H6F3K2NO5. The van der Waals surface area contributed by atoms with E-state index in [1.54, 1.807) is 0 Å². The van der Waals surface area contributed by atoms with Gasteiger partial charge in [-0.1, -0.05) is 0 Å². The second-order valence-corrected chi connectivity index (χ2v) is 2.64. The topological polar surface area (TPSA) is 117 Å². The molecule has 0 saturated carbocycles. The summed E-state index contributed by atoms with van der Waals surface area (Å²) in [5.74, 6) is -0.252. The van der Waals surface area contributed by atoms with Gasteiger partial charge in [0.05, 0.1) is 11.9 Å². The van der Waals surface area contributed by atoms with E-state index in [1.165, 1.54) is 0 Å². The molecule has 0 bridgehead atoms. The molecule has 0 aliphatic rings. The van der Waals surface area contributed by atoms with E-state index in [0.717, 1.165) is 18.3 Å². The van der Waals surface area contributed by atoms with Crippen molar-refractivity contribution in [1.82, 2.24) is 4.98 Å². The molecule has 6 nitrogen and oxygen atoms in total. The molecule has 2 N–H and O–H groups in total. The summed E-state index contributed by atoms with van der Waals surface area (Å²) in [6.45, 7) is 0. The van der Waals surface area contributed by atoms with Crippen molar-refractivity contribution < 1.29 is 141 Å². The molecule has 0 amide bonds. The van der Waals surface area contributed by atoms with E-state index in [0.29, 0.717) is 0 Å². The quantitative estimate of drug-likeness (QED) is 0.494. The van der Waals surface area contributed by atoms with Gasteiger partial charge in [0.1, 0.15) is 5.75 Å². The fourth-order valence-electron chi connectivity index (χ4n) is 0.727. The summed E-state index contributed by atoms with van der Waals surface area (Å²) >= 11 is 0. The molecule has 96 valence electrons. The molecule has 0 aliphatic heterocycles. The molecule has 0 spiro atoms. The summed E-state index contributed by atoms with van der Waals surface area (Å²) < 4.78 is 35.6. The van der Waals surface area contributed by atoms with Crippen LogP contribution in [0.1, 0.15) is 11.8 Å². The Morgan fingerprint density at radius 3 is 1.95 bits per heavy atom. The molecule has 1 unspecified atom stereocenters. The number of carbonyl (C=O) groups is 1. The van der Waals surface area contributed by atoms with E-state index in [2.05, 4.69) is 4.98 Å². The van der Waals surface area contributed by atoms with E-state index in [1.807, 2.05) is 0 Å². The summed E-state index contributed by atoms with van der Waals surface area (Å²) in [6, 6.07) is 1.94. The normalized spacial score (nSPS) is 10.9. The van der Waals surface area contributed by atoms with Gasteiger partial charge in [-0.25, -0.2) is 0 Å². The first-order valence-electron chi connectivity index (χ1n) is 3.92. The molecule has 19 heavy (non-hydrogen) atoms. The van der Waals surface area contributed by atoms with Crippen molar-refractivity contribution in [3.05, 3.63) is 24.0 Å². The summed E-state index contributed by atoms with van der Waals surface area (Å²) in [7, 11) is 0. The maximum Gasteiger partial charge on any atom is 1.00 e. The van der Waals surface area contributed by atoms with Gasteiger partial charge in [-0.3, -0.25) is 4.98 Å². The van der Waals surface area contributed by atoms with E-state index in [-0.39, 0.29) is 109 Å². The molecule has 0 aliphatic carbocycles. The third kappa shape index (κ3) is 12.7. The number of aliphatic hydroxyl groups is 1. The fourth-order valence-corrected chi connectivity index (χ4v) is 0.727. The molecule has 1 aromatic heterocycles. The molecule has 11 heteroatoms. The zero-order valence-corrected chi connectivity index (χ0v) is 16.3. The van der Waals surface area contributed by atoms with Crippen molar-refractivity contribution in [3.63, 3.8) is 0 Å². The summed E-state index contributed by atoms with van der Waals surface area (Å²) in [4.78, 5) is 11.6. The Labute approximate surface area is 190 Å². The molecule has 0 radical (unpaired) electrons. The van der Waals surface area contributed by atoms with Crippen molar-refractivity contribution in [1.29, 1.82) is 0 Å². The van der Waals surface area contributed by atoms with Crippen molar-refractivity contribution >= 4 is 6.16 Å². The Bertz CT molecular complexity index is 370. The number of hydrogen-bond acceptors (Lipinski definition) is 6. The van der Waals surface area contributed by atoms with E-state index in [9.17, 15) is 13.2 Å². The zero-order chi connectivity index (χ0) is 13.6. The Morgan fingerprint density at radius 2 is 1.68 bits per heavy atom. The van der Waals surface area contributed by atoms with Crippen LogP contribution in [0, 0.1) is 0 Å². The minimum atomic E-state index is -4.73. The van der Waals surface area contributed by atoms with Crippen LogP contribution in [0.4, 0.5) is 18.0 Å². The number of halogens is 3. The van der Waals surface area contributed by atoms with Crippen LogP contribution in [0.3, 0.4) is 0 Å². The van der Waals surface area contributed by atoms with Crippen LogP contribution in [-0.2, 0) is 0 Å². The minimum Gasteiger partial charge on any atom is -0.652 e. The smallest absolute Gasteiger partial charge is 0.652 e. The monoisotopic (exact) mass is 331 g/mol. The van der Waals surface area contributed by atoms with Crippen molar-refractivity contribution in [2.75, 3.05) is 0 Å². The van der Waals surface area contributed by atoms with Crippen LogP contribution in [0.15, 0.2) is 18.3 Å². The van der Waals surface area contributed by atoms with Crippen LogP contribution in [0.2, 0.25) is 0 Å². The van der Waals surface area contributed by atoms with Crippen LogP contribution in [0.25, 0.3) is 0 Å². The second-order valence-electron chi connectivity index (χ2n) is 2.64. The molecule has 0 saturated heterocycles. The second kappa shape index (κ2) is 11.9. The number of carboxylic acid groups (broad SMARTS) is 2. The van der Waals surface area contributed by atoms with Crippen molar-refractivity contribution in [3.8, 4) is 5.75 Å². The van der Waals surface area contributed by atoms with Gasteiger partial charge in [-0.15, -0.1) is 0 Å². The predicted molar refractivity (Wildman–Crippen MR) is 42.3 cm³/mol. The first-order valence-corrected chi connectivity index (χ1v) is 3.92. The molecular weight excluding hydrogens is 325 g/mol. The van der Waals surface area contributed by atoms with E-state index >= 15 is 0 Å². The average molecular weight is 331 g/mol. The third-order valence-electron chi connectivity index (χ3n) is 1.36. The number of aromatic nitrogens is 1. The number of alkyl halides is 3. The molecule has 1 heterocycles. The van der Waals surface area contributed by atoms with Gasteiger partial charge < -0.3 is 25.2 Å². The van der Waals surface area contributed by atoms with Gasteiger partial charge in [-0.05, 0) is 18.3 Å². The first kappa shape index (κ1) is 25.2. The molecule has 0 aromatic carbocycles. The van der Waals surface area contributed by atoms with Gasteiger partial charge in [0, 0.05) is 0 Å². The molecule has 1 aromatic rings. The number of hydrogen-bond donors (Lipinski definition) is 2. The fraction of sp³-hybridized carbons (Fsp3) is 0.250. The Hall–Kier alpha value is 1.24. The Kier molecular flexibility index (Phi) is 15.7. The zero-order valence-electron chi connectivity index (χ0n) is 10.0. The van der Waals surface area contributed by atoms with Crippen LogP contribution in [0.5, 0.6) is 5.75 Å². The molecule has 1 rings (SSSR count). The summed E-state index contributed by atoms with van der Waals surface area (Å²) in [6.07, 6.45) is -8.83. The maximum atomic E-state index is 11.9. The Morgan fingerprint density at radius 1 is 1.26 bits per heavy atom. The van der Waals surface area contributed by atoms with Crippen LogP contribution >= 0.6 is 0 Å². The summed E-state index contributed by atoms with van der Waals surface area (Å²) in [5.41, 5.74) is -0.537. The Balaban J connectivity index is -0.000000379. The summed E-state index contributed by atoms with van der Waals surface area (Å²) in [5, 5.41) is 34.1. The standard InChI is InChI=1S/C7H6F3NO2.CH2O3.2K/c8-7(9,10)6(13)5-2-1-4(12)3-11-5;2-1(3)4;;/h1-3,6,12-13H;(H2,2,3,4);;/q;;2*+1/p-2. The van der Waals surface area contributed by atoms with Gasteiger partial charge in [-0.2, -0.15) is 13.2 Å². The number of aliphatic hydroxyl groups excluding tert-OH is 1. The van der Waals surface area contributed by atoms with Gasteiger partial charge >= 0.3 is 109 Å². The van der Waals surface area contributed by atoms with Crippen LogP contribution < -0.4 is 113 Å². The average Bonchev–Trinajstić information content (AvgIpc) is 2.15. The van der Waals surface area contributed by atoms with Crippen molar-refractivity contribution in [2.45, 2.75) is 12.3 Å².